The number of hydrogen-bond acceptors (Lipinski definition) is 2. The Bertz CT molecular complexity index is 107. The molecule has 0 aromatic rings. The molecule has 0 aliphatic carbocycles. The summed E-state index contributed by atoms with van der Waals surface area (Å²) >= 11 is 0. The molecule has 66 valence electrons. The Labute approximate surface area is 68.9 Å². The lowest BCUT2D eigenvalue weighted by molar-refractivity contribution is -0.0405. The van der Waals surface area contributed by atoms with E-state index in [0.717, 1.165) is 19.4 Å². The fourth-order valence-electron chi connectivity index (χ4n) is 1.21. The van der Waals surface area contributed by atoms with E-state index in [2.05, 4.69) is 20.8 Å². The molecule has 0 spiro atoms. The van der Waals surface area contributed by atoms with Gasteiger partial charge in [-0.25, -0.2) is 0 Å². The van der Waals surface area contributed by atoms with Gasteiger partial charge in [0.05, 0.1) is 0 Å². The molecule has 1 unspecified atom stereocenters. The molecule has 1 rings (SSSR count). The highest BCUT2D eigenvalue weighted by atomic mass is 16.7. The molecule has 0 saturated carbocycles. The minimum Gasteiger partial charge on any atom is -0.525 e. The first-order chi connectivity index (χ1) is 5.11. The van der Waals surface area contributed by atoms with Crippen molar-refractivity contribution < 1.29 is 9.47 Å². The highest BCUT2D eigenvalue weighted by Gasteiger charge is 2.22. The fourth-order valence-corrected chi connectivity index (χ4v) is 1.21. The molecule has 1 atom stereocenters. The summed E-state index contributed by atoms with van der Waals surface area (Å²) in [6, 6.07) is 0. The maximum atomic E-state index is 5.42. The predicted molar refractivity (Wildman–Crippen MR) is 43.8 cm³/mol. The van der Waals surface area contributed by atoms with E-state index in [4.69, 9.17) is 9.47 Å². The number of hydrogen-bond donors (Lipinski definition) is 0. The number of ether oxygens (including phenoxy) is 2. The first-order valence-electron chi connectivity index (χ1n) is 4.19. The lowest BCUT2D eigenvalue weighted by Crippen LogP contribution is -2.27. The molecule has 1 fully saturated rings. The van der Waals surface area contributed by atoms with Crippen molar-refractivity contribution in [2.24, 2.45) is 5.41 Å². The van der Waals surface area contributed by atoms with Crippen molar-refractivity contribution >= 4 is 0 Å². The molecule has 0 amide bonds. The highest BCUT2D eigenvalue weighted by molar-refractivity contribution is 4.76. The summed E-state index contributed by atoms with van der Waals surface area (Å²) in [4.78, 5) is 0. The average molecular weight is 157 g/mol. The Morgan fingerprint density at radius 1 is 1.36 bits per heavy atom. The smallest absolute Gasteiger partial charge is 0.0300 e. The molecule has 0 aromatic heterocycles. The van der Waals surface area contributed by atoms with E-state index in [1.54, 1.807) is 0 Å². The molecule has 1 saturated heterocycles. The Kier molecular flexibility index (Phi) is 2.90. The summed E-state index contributed by atoms with van der Waals surface area (Å²) < 4.78 is 10.5. The van der Waals surface area contributed by atoms with Crippen LogP contribution >= 0.6 is 0 Å². The van der Waals surface area contributed by atoms with E-state index in [-0.39, 0.29) is 5.41 Å². The van der Waals surface area contributed by atoms with Crippen molar-refractivity contribution in [1.29, 1.82) is 0 Å². The summed E-state index contributed by atoms with van der Waals surface area (Å²) in [5, 5.41) is 0. The zero-order chi connectivity index (χ0) is 8.32. The molecule has 2 nitrogen and oxygen atoms in total. The van der Waals surface area contributed by atoms with Crippen LogP contribution in [-0.4, -0.2) is 12.7 Å². The van der Waals surface area contributed by atoms with E-state index in [9.17, 15) is 0 Å². The summed E-state index contributed by atoms with van der Waals surface area (Å²) in [5.74, 6) is 0. The number of rotatable bonds is 0. The molecule has 0 N–H and O–H groups in total. The van der Waals surface area contributed by atoms with Crippen LogP contribution in [0.5, 0.6) is 0 Å². The normalized spacial score (nSPS) is 28.1. The van der Waals surface area contributed by atoms with Crippen LogP contribution in [-0.2, 0) is 9.47 Å². The van der Waals surface area contributed by atoms with Crippen LogP contribution in [0, 0.1) is 12.2 Å². The second kappa shape index (κ2) is 3.55. The van der Waals surface area contributed by atoms with Crippen molar-refractivity contribution in [2.45, 2.75) is 39.7 Å². The van der Waals surface area contributed by atoms with Gasteiger partial charge in [-0.1, -0.05) is 27.6 Å². The van der Waals surface area contributed by atoms with Crippen LogP contribution in [0.4, 0.5) is 0 Å². The minimum absolute atomic E-state index is 0.226. The van der Waals surface area contributed by atoms with Crippen molar-refractivity contribution in [1.82, 2.24) is 0 Å². The van der Waals surface area contributed by atoms with Gasteiger partial charge in [-0.15, -0.1) is 0 Å². The van der Waals surface area contributed by atoms with Crippen molar-refractivity contribution in [3.8, 4) is 0 Å². The molecular weight excluding hydrogens is 140 g/mol. The van der Waals surface area contributed by atoms with E-state index < -0.39 is 0 Å². The molecule has 1 aliphatic heterocycles. The molecule has 1 aliphatic rings. The summed E-state index contributed by atoms with van der Waals surface area (Å²) in [6.45, 7) is 8.86. The van der Waals surface area contributed by atoms with Gasteiger partial charge in [0.2, 0.25) is 0 Å². The monoisotopic (exact) mass is 157 g/mol. The lowest BCUT2D eigenvalue weighted by Gasteiger charge is -2.33. The maximum absolute atomic E-state index is 5.42. The van der Waals surface area contributed by atoms with E-state index in [1.165, 1.54) is 6.79 Å². The van der Waals surface area contributed by atoms with Crippen LogP contribution in [0.15, 0.2) is 0 Å². The topological polar surface area (TPSA) is 18.5 Å². The van der Waals surface area contributed by atoms with Gasteiger partial charge < -0.3 is 9.47 Å². The third kappa shape index (κ3) is 2.80. The zero-order valence-corrected chi connectivity index (χ0v) is 7.59. The third-order valence-corrected chi connectivity index (χ3v) is 1.98. The summed E-state index contributed by atoms with van der Waals surface area (Å²) in [5.41, 5.74) is 0.226. The van der Waals surface area contributed by atoms with E-state index >= 15 is 0 Å². The molecular formula is C9H17O2-. The van der Waals surface area contributed by atoms with Crippen LogP contribution in [0.2, 0.25) is 0 Å². The Balaban J connectivity index is 2.43. The molecule has 0 bridgehead atoms. The summed E-state index contributed by atoms with van der Waals surface area (Å²) in [7, 11) is 0. The molecule has 0 radical (unpaired) electrons. The van der Waals surface area contributed by atoms with Gasteiger partial charge in [0, 0.05) is 12.7 Å². The first kappa shape index (κ1) is 9.01. The van der Waals surface area contributed by atoms with Gasteiger partial charge >= 0.3 is 0 Å². The maximum Gasteiger partial charge on any atom is 0.0300 e. The van der Waals surface area contributed by atoms with Crippen molar-refractivity contribution in [3.63, 3.8) is 0 Å². The van der Waals surface area contributed by atoms with Crippen LogP contribution < -0.4 is 0 Å². The molecule has 11 heavy (non-hydrogen) atoms. The Morgan fingerprint density at radius 2 is 2.09 bits per heavy atom. The minimum atomic E-state index is 0.226. The van der Waals surface area contributed by atoms with Crippen LogP contribution in [0.25, 0.3) is 0 Å². The van der Waals surface area contributed by atoms with Gasteiger partial charge in [0.1, 0.15) is 0 Å². The molecule has 0 aromatic carbocycles. The summed E-state index contributed by atoms with van der Waals surface area (Å²) in [6.07, 6.45) is 2.50. The van der Waals surface area contributed by atoms with E-state index in [0.29, 0.717) is 6.10 Å². The largest absolute Gasteiger partial charge is 0.525 e. The Morgan fingerprint density at radius 3 is 2.73 bits per heavy atom. The standard InChI is InChI=1S/C9H17O2/c1-9(2,3)8-5-4-6-10-7-11-8/h7-8H,4-6H2,1-3H3/q-1. The lowest BCUT2D eigenvalue weighted by atomic mass is 9.86. The van der Waals surface area contributed by atoms with Crippen molar-refractivity contribution in [3.05, 3.63) is 6.79 Å². The second-order valence-electron chi connectivity index (χ2n) is 4.10. The van der Waals surface area contributed by atoms with Crippen LogP contribution in [0.1, 0.15) is 33.6 Å². The second-order valence-corrected chi connectivity index (χ2v) is 4.10. The average Bonchev–Trinajstić information content (AvgIpc) is 2.10. The van der Waals surface area contributed by atoms with Crippen molar-refractivity contribution in [2.75, 3.05) is 6.61 Å². The molecule has 2 heteroatoms. The highest BCUT2D eigenvalue weighted by Crippen LogP contribution is 2.27. The third-order valence-electron chi connectivity index (χ3n) is 1.98. The van der Waals surface area contributed by atoms with Gasteiger partial charge in [-0.05, 0) is 18.3 Å². The van der Waals surface area contributed by atoms with Gasteiger partial charge in [0.25, 0.3) is 0 Å². The van der Waals surface area contributed by atoms with Gasteiger partial charge in [-0.2, -0.15) is 0 Å². The molecule has 1 heterocycles. The van der Waals surface area contributed by atoms with Gasteiger partial charge in [0.15, 0.2) is 0 Å². The first-order valence-corrected chi connectivity index (χ1v) is 4.19. The Hall–Kier alpha value is -0.0800. The van der Waals surface area contributed by atoms with Crippen LogP contribution in [0.3, 0.4) is 0 Å². The van der Waals surface area contributed by atoms with Gasteiger partial charge in [-0.3, -0.25) is 0 Å². The predicted octanol–water partition coefficient (Wildman–Crippen LogP) is 2.35. The SMILES string of the molecule is CC(C)(C)C1CCCO[CH-]O1. The zero-order valence-electron chi connectivity index (χ0n) is 7.59. The quantitative estimate of drug-likeness (QED) is 0.502. The van der Waals surface area contributed by atoms with E-state index in [1.807, 2.05) is 0 Å². The fraction of sp³-hybridized carbons (Fsp3) is 0.889.